The zero-order valence-electron chi connectivity index (χ0n) is 17.0. The molecule has 0 unspecified atom stereocenters. The highest BCUT2D eigenvalue weighted by Crippen LogP contribution is 2.26. The van der Waals surface area contributed by atoms with Crippen LogP contribution in [0.25, 0.3) is 0 Å². The first-order valence-electron chi connectivity index (χ1n) is 9.79. The van der Waals surface area contributed by atoms with Gasteiger partial charge in [0.25, 0.3) is 0 Å². The van der Waals surface area contributed by atoms with Crippen molar-refractivity contribution in [1.29, 1.82) is 0 Å². The van der Waals surface area contributed by atoms with Crippen LogP contribution >= 0.6 is 0 Å². The van der Waals surface area contributed by atoms with E-state index >= 15 is 0 Å². The first-order chi connectivity index (χ1) is 13.4. The van der Waals surface area contributed by atoms with Gasteiger partial charge in [0.2, 0.25) is 10.0 Å². The zero-order chi connectivity index (χ0) is 20.1. The molecular weight excluding hydrogens is 380 g/mol. The highest BCUT2D eigenvalue weighted by molar-refractivity contribution is 7.89. The fourth-order valence-corrected chi connectivity index (χ4v) is 5.36. The van der Waals surface area contributed by atoms with Gasteiger partial charge in [-0.1, -0.05) is 17.0 Å². The molecule has 1 aromatic rings. The maximum Gasteiger partial charge on any atom is 0.248 e. The molecule has 156 valence electrons. The lowest BCUT2D eigenvalue weighted by Gasteiger charge is -2.31. The van der Waals surface area contributed by atoms with Crippen molar-refractivity contribution in [1.82, 2.24) is 19.3 Å². The standard InChI is InChI=1S/C19H30N4O4S/c1-16-19(17(2)27-20-16)28(24,25)23-9-6-18(7-10-23)26-15-5-4-8-22-13-11-21(3)12-14-22/h18H,6-15H2,1-3H3. The fraction of sp³-hybridized carbons (Fsp3) is 0.737. The van der Waals surface area contributed by atoms with Crippen molar-refractivity contribution in [3.05, 3.63) is 11.5 Å². The smallest absolute Gasteiger partial charge is 0.248 e. The Morgan fingerprint density at radius 3 is 2.39 bits per heavy atom. The van der Waals surface area contributed by atoms with E-state index in [9.17, 15) is 8.42 Å². The summed E-state index contributed by atoms with van der Waals surface area (Å²) in [5, 5.41) is 3.76. The van der Waals surface area contributed by atoms with Gasteiger partial charge in [0.1, 0.15) is 17.2 Å². The predicted octanol–water partition coefficient (Wildman–Crippen LogP) is 0.712. The molecule has 0 saturated carbocycles. The van der Waals surface area contributed by atoms with E-state index in [2.05, 4.69) is 33.8 Å². The number of sulfonamides is 1. The van der Waals surface area contributed by atoms with E-state index < -0.39 is 10.0 Å². The molecule has 0 spiro atoms. The summed E-state index contributed by atoms with van der Waals surface area (Å²) in [4.78, 5) is 4.87. The highest BCUT2D eigenvalue weighted by Gasteiger charge is 2.33. The van der Waals surface area contributed by atoms with Gasteiger partial charge < -0.3 is 14.2 Å². The second-order valence-electron chi connectivity index (χ2n) is 7.50. The van der Waals surface area contributed by atoms with Gasteiger partial charge in [0.05, 0.1) is 12.6 Å². The lowest BCUT2D eigenvalue weighted by atomic mass is 10.1. The molecule has 0 atom stereocenters. The molecule has 0 N–H and O–H groups in total. The monoisotopic (exact) mass is 410 g/mol. The summed E-state index contributed by atoms with van der Waals surface area (Å²) in [6, 6.07) is 0. The molecule has 0 bridgehead atoms. The van der Waals surface area contributed by atoms with E-state index in [-0.39, 0.29) is 11.0 Å². The topological polar surface area (TPSA) is 79.1 Å². The van der Waals surface area contributed by atoms with Gasteiger partial charge in [-0.15, -0.1) is 0 Å². The number of piperazine rings is 1. The summed E-state index contributed by atoms with van der Waals surface area (Å²) >= 11 is 0. The maximum atomic E-state index is 12.8. The number of ether oxygens (including phenoxy) is 1. The van der Waals surface area contributed by atoms with Crippen LogP contribution in [0.15, 0.2) is 9.42 Å². The molecule has 0 aliphatic carbocycles. The highest BCUT2D eigenvalue weighted by atomic mass is 32.2. The zero-order valence-corrected chi connectivity index (χ0v) is 17.8. The number of hydrogen-bond donors (Lipinski definition) is 0. The summed E-state index contributed by atoms with van der Waals surface area (Å²) in [6.45, 7) is 9.64. The number of nitrogens with zero attached hydrogens (tertiary/aromatic N) is 4. The number of aryl methyl sites for hydroxylation is 2. The van der Waals surface area contributed by atoms with Crippen molar-refractivity contribution < 1.29 is 17.7 Å². The molecule has 9 heteroatoms. The second kappa shape index (κ2) is 9.37. The number of aromatic nitrogens is 1. The summed E-state index contributed by atoms with van der Waals surface area (Å²) in [5.74, 6) is 6.61. The lowest BCUT2D eigenvalue weighted by molar-refractivity contribution is 0.0408. The Kier molecular flexibility index (Phi) is 7.12. The van der Waals surface area contributed by atoms with Crippen LogP contribution in [0, 0.1) is 25.7 Å². The predicted molar refractivity (Wildman–Crippen MR) is 105 cm³/mol. The molecule has 2 saturated heterocycles. The van der Waals surface area contributed by atoms with Gasteiger partial charge in [-0.25, -0.2) is 8.42 Å². The molecule has 0 aromatic carbocycles. The van der Waals surface area contributed by atoms with Gasteiger partial charge in [-0.2, -0.15) is 4.31 Å². The number of piperidine rings is 1. The summed E-state index contributed by atoms with van der Waals surface area (Å²) < 4.78 is 38.0. The summed E-state index contributed by atoms with van der Waals surface area (Å²) in [6.07, 6.45) is 1.39. The molecule has 3 rings (SSSR count). The summed E-state index contributed by atoms with van der Waals surface area (Å²) in [5.41, 5.74) is 0.409. The average Bonchev–Trinajstić information content (AvgIpc) is 3.02. The fourth-order valence-electron chi connectivity index (χ4n) is 3.60. The van der Waals surface area contributed by atoms with Crippen molar-refractivity contribution in [3.63, 3.8) is 0 Å². The largest absolute Gasteiger partial charge is 0.365 e. The van der Waals surface area contributed by atoms with E-state index in [0.29, 0.717) is 44.0 Å². The van der Waals surface area contributed by atoms with Crippen LogP contribution in [0.1, 0.15) is 24.3 Å². The van der Waals surface area contributed by atoms with Gasteiger partial charge >= 0.3 is 0 Å². The quantitative estimate of drug-likeness (QED) is 0.662. The maximum absolute atomic E-state index is 12.8. The summed E-state index contributed by atoms with van der Waals surface area (Å²) in [7, 11) is -1.42. The Balaban J connectivity index is 1.41. The third-order valence-corrected chi connectivity index (χ3v) is 7.53. The van der Waals surface area contributed by atoms with Crippen LogP contribution < -0.4 is 0 Å². The first-order valence-corrected chi connectivity index (χ1v) is 11.2. The van der Waals surface area contributed by atoms with Crippen LogP contribution in [-0.2, 0) is 14.8 Å². The minimum atomic E-state index is -3.56. The van der Waals surface area contributed by atoms with Crippen molar-refractivity contribution in [3.8, 4) is 11.8 Å². The van der Waals surface area contributed by atoms with E-state index in [0.717, 1.165) is 32.7 Å². The molecule has 2 aliphatic rings. The second-order valence-corrected chi connectivity index (χ2v) is 9.38. The van der Waals surface area contributed by atoms with E-state index in [4.69, 9.17) is 9.26 Å². The van der Waals surface area contributed by atoms with Gasteiger partial charge in [-0.05, 0) is 33.7 Å². The Morgan fingerprint density at radius 2 is 1.79 bits per heavy atom. The first kappa shape index (κ1) is 21.3. The SMILES string of the molecule is Cc1noc(C)c1S(=O)(=O)N1CCC(OCC#CCN2CCN(C)CC2)CC1. The van der Waals surface area contributed by atoms with Crippen LogP contribution in [0.2, 0.25) is 0 Å². The van der Waals surface area contributed by atoms with Crippen LogP contribution in [0.5, 0.6) is 0 Å². The molecule has 8 nitrogen and oxygen atoms in total. The average molecular weight is 411 g/mol. The normalized spacial score (nSPS) is 20.8. The molecular formula is C19H30N4O4S. The lowest BCUT2D eigenvalue weighted by Crippen LogP contribution is -2.44. The Labute approximate surface area is 167 Å². The Morgan fingerprint density at radius 1 is 1.11 bits per heavy atom. The van der Waals surface area contributed by atoms with E-state index in [1.807, 2.05) is 0 Å². The van der Waals surface area contributed by atoms with Crippen molar-refractivity contribution >= 4 is 10.0 Å². The molecule has 0 radical (unpaired) electrons. The number of rotatable bonds is 5. The third kappa shape index (κ3) is 5.13. The molecule has 3 heterocycles. The number of hydrogen-bond acceptors (Lipinski definition) is 7. The molecule has 2 aliphatic heterocycles. The Hall–Kier alpha value is -1.44. The minimum Gasteiger partial charge on any atom is -0.365 e. The minimum absolute atomic E-state index is 0.0501. The van der Waals surface area contributed by atoms with Crippen LogP contribution in [0.3, 0.4) is 0 Å². The van der Waals surface area contributed by atoms with E-state index in [1.54, 1.807) is 13.8 Å². The molecule has 0 amide bonds. The van der Waals surface area contributed by atoms with Gasteiger partial charge in [-0.3, -0.25) is 4.90 Å². The van der Waals surface area contributed by atoms with Crippen molar-refractivity contribution in [2.24, 2.45) is 0 Å². The molecule has 2 fully saturated rings. The third-order valence-electron chi connectivity index (χ3n) is 5.38. The Bertz CT molecular complexity index is 791. The van der Waals surface area contributed by atoms with Crippen molar-refractivity contribution in [2.45, 2.75) is 37.7 Å². The number of likely N-dealkylation sites (N-methyl/N-ethyl adjacent to an activating group) is 1. The van der Waals surface area contributed by atoms with E-state index in [1.165, 1.54) is 4.31 Å². The van der Waals surface area contributed by atoms with Crippen LogP contribution in [-0.4, -0.2) is 93.3 Å². The van der Waals surface area contributed by atoms with Crippen LogP contribution in [0.4, 0.5) is 0 Å². The van der Waals surface area contributed by atoms with Gasteiger partial charge in [0, 0.05) is 39.3 Å². The molecule has 1 aromatic heterocycles. The molecule has 28 heavy (non-hydrogen) atoms. The van der Waals surface area contributed by atoms with Crippen molar-refractivity contribution in [2.75, 3.05) is 59.5 Å². The van der Waals surface area contributed by atoms with Gasteiger partial charge in [0.15, 0.2) is 5.76 Å².